The average Bonchev–Trinajstić information content (AvgIpc) is 2.52. The van der Waals surface area contributed by atoms with E-state index in [1.807, 2.05) is 13.0 Å². The van der Waals surface area contributed by atoms with Gasteiger partial charge in [0.05, 0.1) is 19.9 Å². The SMILES string of the molecule is CCCOc1ccc(/C=N/n2c(=O)cn[nH]c2=S)cc1OC. The molecule has 0 atom stereocenters. The summed E-state index contributed by atoms with van der Waals surface area (Å²) in [7, 11) is 1.57. The van der Waals surface area contributed by atoms with Gasteiger partial charge in [-0.05, 0) is 42.4 Å². The van der Waals surface area contributed by atoms with Crippen LogP contribution in [-0.2, 0) is 0 Å². The van der Waals surface area contributed by atoms with Crippen LogP contribution in [0.1, 0.15) is 18.9 Å². The van der Waals surface area contributed by atoms with Crippen LogP contribution in [0.2, 0.25) is 0 Å². The summed E-state index contributed by atoms with van der Waals surface area (Å²) in [4.78, 5) is 11.6. The van der Waals surface area contributed by atoms with Crippen molar-refractivity contribution in [2.45, 2.75) is 13.3 Å². The monoisotopic (exact) mass is 320 g/mol. The zero-order valence-electron chi connectivity index (χ0n) is 12.3. The first-order chi connectivity index (χ1) is 10.7. The number of methoxy groups -OCH3 is 1. The first kappa shape index (κ1) is 15.9. The fourth-order valence-electron chi connectivity index (χ4n) is 1.67. The number of hydrogen-bond donors (Lipinski definition) is 1. The Morgan fingerprint density at radius 2 is 2.27 bits per heavy atom. The van der Waals surface area contributed by atoms with E-state index >= 15 is 0 Å². The lowest BCUT2D eigenvalue weighted by atomic mass is 10.2. The Morgan fingerprint density at radius 1 is 1.45 bits per heavy atom. The molecule has 1 aromatic heterocycles. The van der Waals surface area contributed by atoms with Gasteiger partial charge in [0.25, 0.3) is 5.56 Å². The topological polar surface area (TPSA) is 81.5 Å². The maximum absolute atomic E-state index is 11.6. The smallest absolute Gasteiger partial charge is 0.293 e. The van der Waals surface area contributed by atoms with Crippen molar-refractivity contribution in [2.24, 2.45) is 5.10 Å². The molecule has 7 nitrogen and oxygen atoms in total. The lowest BCUT2D eigenvalue weighted by molar-refractivity contribution is 0.294. The molecule has 8 heteroatoms. The molecule has 0 unspecified atom stereocenters. The summed E-state index contributed by atoms with van der Waals surface area (Å²) in [6.45, 7) is 2.65. The van der Waals surface area contributed by atoms with Gasteiger partial charge < -0.3 is 9.47 Å². The van der Waals surface area contributed by atoms with Crippen LogP contribution in [0.3, 0.4) is 0 Å². The van der Waals surface area contributed by atoms with Crippen LogP contribution in [0.4, 0.5) is 0 Å². The van der Waals surface area contributed by atoms with E-state index in [4.69, 9.17) is 21.7 Å². The minimum atomic E-state index is -0.408. The molecule has 0 aliphatic rings. The van der Waals surface area contributed by atoms with Crippen LogP contribution >= 0.6 is 12.2 Å². The maximum atomic E-state index is 11.6. The largest absolute Gasteiger partial charge is 0.493 e. The molecule has 2 aromatic rings. The summed E-state index contributed by atoms with van der Waals surface area (Å²) in [6, 6.07) is 5.38. The molecule has 116 valence electrons. The van der Waals surface area contributed by atoms with E-state index in [1.54, 1.807) is 19.2 Å². The summed E-state index contributed by atoms with van der Waals surface area (Å²) in [5.74, 6) is 1.27. The molecule has 1 N–H and O–H groups in total. The zero-order chi connectivity index (χ0) is 15.9. The van der Waals surface area contributed by atoms with Crippen LogP contribution in [0, 0.1) is 4.77 Å². The Hall–Kier alpha value is -2.48. The fraction of sp³-hybridized carbons (Fsp3) is 0.286. The van der Waals surface area contributed by atoms with Crippen molar-refractivity contribution in [3.8, 4) is 11.5 Å². The van der Waals surface area contributed by atoms with Gasteiger partial charge in [-0.1, -0.05) is 6.92 Å². The third kappa shape index (κ3) is 3.79. The molecule has 0 spiro atoms. The van der Waals surface area contributed by atoms with Crippen molar-refractivity contribution in [2.75, 3.05) is 13.7 Å². The molecular formula is C14H16N4O3S. The summed E-state index contributed by atoms with van der Waals surface area (Å²) >= 11 is 4.96. The highest BCUT2D eigenvalue weighted by molar-refractivity contribution is 7.71. The van der Waals surface area contributed by atoms with Crippen LogP contribution in [0.25, 0.3) is 0 Å². The molecule has 22 heavy (non-hydrogen) atoms. The molecule has 1 heterocycles. The first-order valence-corrected chi connectivity index (χ1v) is 7.08. The number of hydrogen-bond acceptors (Lipinski definition) is 6. The number of ether oxygens (including phenoxy) is 2. The summed E-state index contributed by atoms with van der Waals surface area (Å²) in [5.41, 5.74) is 0.341. The molecule has 0 fully saturated rings. The predicted octanol–water partition coefficient (Wildman–Crippen LogP) is 1.98. The molecule has 0 radical (unpaired) electrons. The van der Waals surface area contributed by atoms with Crippen molar-refractivity contribution < 1.29 is 9.47 Å². The van der Waals surface area contributed by atoms with Gasteiger partial charge in [-0.25, -0.2) is 0 Å². The van der Waals surface area contributed by atoms with E-state index in [-0.39, 0.29) is 4.77 Å². The third-order valence-electron chi connectivity index (χ3n) is 2.71. The summed E-state index contributed by atoms with van der Waals surface area (Å²) < 4.78 is 12.0. The van der Waals surface area contributed by atoms with Crippen molar-refractivity contribution in [1.29, 1.82) is 0 Å². The van der Waals surface area contributed by atoms with Crippen LogP contribution < -0.4 is 15.0 Å². The molecule has 1 aromatic carbocycles. The van der Waals surface area contributed by atoms with Gasteiger partial charge in [0.15, 0.2) is 11.5 Å². The first-order valence-electron chi connectivity index (χ1n) is 6.67. The predicted molar refractivity (Wildman–Crippen MR) is 85.5 cm³/mol. The lowest BCUT2D eigenvalue weighted by Gasteiger charge is -2.10. The molecule has 0 amide bonds. The van der Waals surface area contributed by atoms with Crippen molar-refractivity contribution in [1.82, 2.24) is 14.9 Å². The Kier molecular flexibility index (Phi) is 5.42. The van der Waals surface area contributed by atoms with Gasteiger partial charge in [-0.2, -0.15) is 14.9 Å². The second kappa shape index (κ2) is 7.51. The number of H-pyrrole nitrogens is 1. The molecular weight excluding hydrogens is 304 g/mol. The molecule has 0 saturated heterocycles. The Balaban J connectivity index is 2.28. The quantitative estimate of drug-likeness (QED) is 0.650. The van der Waals surface area contributed by atoms with E-state index in [9.17, 15) is 4.79 Å². The summed E-state index contributed by atoms with van der Waals surface area (Å²) in [5, 5.41) is 10.1. The molecule has 0 aliphatic heterocycles. The number of nitrogens with zero attached hydrogens (tertiary/aromatic N) is 3. The number of aromatic amines is 1. The van der Waals surface area contributed by atoms with Gasteiger partial charge >= 0.3 is 0 Å². The number of nitrogens with one attached hydrogen (secondary N) is 1. The average molecular weight is 320 g/mol. The molecule has 0 aliphatic carbocycles. The molecule has 0 saturated carbocycles. The Bertz CT molecular complexity index is 754. The van der Waals surface area contributed by atoms with Gasteiger partial charge in [-0.15, -0.1) is 0 Å². The van der Waals surface area contributed by atoms with Gasteiger partial charge in [-0.3, -0.25) is 9.89 Å². The van der Waals surface area contributed by atoms with E-state index in [0.29, 0.717) is 18.1 Å². The van der Waals surface area contributed by atoms with Crippen LogP contribution in [-0.4, -0.2) is 34.8 Å². The van der Waals surface area contributed by atoms with E-state index < -0.39 is 5.56 Å². The highest BCUT2D eigenvalue weighted by Crippen LogP contribution is 2.27. The Morgan fingerprint density at radius 3 is 2.95 bits per heavy atom. The molecule has 0 bridgehead atoms. The highest BCUT2D eigenvalue weighted by atomic mass is 32.1. The zero-order valence-corrected chi connectivity index (χ0v) is 13.1. The minimum absolute atomic E-state index is 0.124. The minimum Gasteiger partial charge on any atom is -0.493 e. The molecule has 2 rings (SSSR count). The van der Waals surface area contributed by atoms with Crippen molar-refractivity contribution >= 4 is 18.4 Å². The van der Waals surface area contributed by atoms with E-state index in [1.165, 1.54) is 6.21 Å². The Labute approximate surface area is 132 Å². The lowest BCUT2D eigenvalue weighted by Crippen LogP contribution is -2.18. The van der Waals surface area contributed by atoms with E-state index in [2.05, 4.69) is 15.3 Å². The standard InChI is InChI=1S/C14H16N4O3S/c1-3-6-21-11-5-4-10(7-12(11)20-2)8-16-18-13(19)9-15-17-14(18)22/h4-5,7-9H,3,6H2,1-2H3,(H,17,22)/b16-8+. The second-order valence-corrected chi connectivity index (χ2v) is 4.72. The highest BCUT2D eigenvalue weighted by Gasteiger charge is 2.04. The van der Waals surface area contributed by atoms with Crippen molar-refractivity contribution in [3.63, 3.8) is 0 Å². The van der Waals surface area contributed by atoms with Crippen LogP contribution in [0.15, 0.2) is 34.3 Å². The fourth-order valence-corrected chi connectivity index (χ4v) is 1.86. The number of rotatable bonds is 6. The summed E-state index contributed by atoms with van der Waals surface area (Å²) in [6.07, 6.45) is 3.53. The van der Waals surface area contributed by atoms with Gasteiger partial charge in [0.1, 0.15) is 6.20 Å². The van der Waals surface area contributed by atoms with Crippen LogP contribution in [0.5, 0.6) is 11.5 Å². The number of benzene rings is 1. The third-order valence-corrected chi connectivity index (χ3v) is 2.97. The van der Waals surface area contributed by atoms with Gasteiger partial charge in [0.2, 0.25) is 4.77 Å². The maximum Gasteiger partial charge on any atom is 0.293 e. The second-order valence-electron chi connectivity index (χ2n) is 4.33. The number of aromatic nitrogens is 3. The van der Waals surface area contributed by atoms with Gasteiger partial charge in [0, 0.05) is 0 Å². The normalized spacial score (nSPS) is 10.8. The van der Waals surface area contributed by atoms with E-state index in [0.717, 1.165) is 22.9 Å². The van der Waals surface area contributed by atoms with Crippen molar-refractivity contribution in [3.05, 3.63) is 45.1 Å².